The number of hydrogen-bond acceptors (Lipinski definition) is 5. The lowest BCUT2D eigenvalue weighted by Crippen LogP contribution is -2.45. The minimum Gasteiger partial charge on any atom is -0.466 e. The average molecular weight is 983 g/mol. The van der Waals surface area contributed by atoms with E-state index >= 15 is 0 Å². The van der Waals surface area contributed by atoms with E-state index in [2.05, 4.69) is 55.6 Å². The molecule has 6 nitrogen and oxygen atoms in total. The molecule has 0 spiro atoms. The van der Waals surface area contributed by atoms with Crippen LogP contribution in [0.2, 0.25) is 0 Å². The predicted molar refractivity (Wildman–Crippen MR) is 306 cm³/mol. The molecule has 1 amide bonds. The van der Waals surface area contributed by atoms with Crippen molar-refractivity contribution in [1.29, 1.82) is 0 Å². The van der Waals surface area contributed by atoms with E-state index in [0.29, 0.717) is 19.4 Å². The number of rotatable bonds is 57. The zero-order chi connectivity index (χ0) is 50.7. The lowest BCUT2D eigenvalue weighted by Gasteiger charge is -2.20. The first kappa shape index (κ1) is 67.8. The van der Waals surface area contributed by atoms with Gasteiger partial charge >= 0.3 is 5.97 Å². The first-order valence-electron chi connectivity index (χ1n) is 30.9. The Morgan fingerprint density at radius 3 is 1.13 bits per heavy atom. The van der Waals surface area contributed by atoms with Gasteiger partial charge in [-0.3, -0.25) is 9.59 Å². The van der Waals surface area contributed by atoms with Gasteiger partial charge in [-0.25, -0.2) is 0 Å². The lowest BCUT2D eigenvalue weighted by molar-refractivity contribution is -0.143. The summed E-state index contributed by atoms with van der Waals surface area (Å²) in [6.45, 7) is 4.85. The zero-order valence-electron chi connectivity index (χ0n) is 46.7. The number of aliphatic hydroxyl groups excluding tert-OH is 2. The van der Waals surface area contributed by atoms with Gasteiger partial charge in [0.25, 0.3) is 0 Å². The molecule has 0 aliphatic rings. The van der Waals surface area contributed by atoms with Crippen molar-refractivity contribution >= 4 is 11.9 Å². The highest BCUT2D eigenvalue weighted by Crippen LogP contribution is 2.16. The number of allylic oxidation sites excluding steroid dienone is 7. The molecule has 2 atom stereocenters. The van der Waals surface area contributed by atoms with Gasteiger partial charge in [-0.05, 0) is 89.9 Å². The van der Waals surface area contributed by atoms with E-state index in [0.717, 1.165) is 51.4 Å². The average Bonchev–Trinajstić information content (AvgIpc) is 3.36. The molecule has 6 heteroatoms. The van der Waals surface area contributed by atoms with Gasteiger partial charge in [-0.15, -0.1) is 0 Å². The second-order valence-corrected chi connectivity index (χ2v) is 21.0. The third kappa shape index (κ3) is 55.1. The van der Waals surface area contributed by atoms with Crippen LogP contribution in [0.15, 0.2) is 48.6 Å². The smallest absolute Gasteiger partial charge is 0.305 e. The van der Waals surface area contributed by atoms with Gasteiger partial charge < -0.3 is 20.3 Å². The molecule has 0 saturated heterocycles. The van der Waals surface area contributed by atoms with E-state index in [9.17, 15) is 19.8 Å². The molecule has 0 saturated carbocycles. The maximum Gasteiger partial charge on any atom is 0.305 e. The quantitative estimate of drug-likeness (QED) is 0.0321. The Kier molecular flexibility index (Phi) is 57.5. The van der Waals surface area contributed by atoms with Gasteiger partial charge in [0.1, 0.15) is 0 Å². The molecule has 0 radical (unpaired) electrons. The summed E-state index contributed by atoms with van der Waals surface area (Å²) >= 11 is 0. The fourth-order valence-electron chi connectivity index (χ4n) is 9.31. The summed E-state index contributed by atoms with van der Waals surface area (Å²) in [7, 11) is 0. The van der Waals surface area contributed by atoms with Crippen LogP contribution in [0.5, 0.6) is 0 Å². The monoisotopic (exact) mass is 982 g/mol. The van der Waals surface area contributed by atoms with E-state index < -0.39 is 12.1 Å². The fourth-order valence-corrected chi connectivity index (χ4v) is 9.31. The van der Waals surface area contributed by atoms with Crippen molar-refractivity contribution in [2.45, 2.75) is 334 Å². The van der Waals surface area contributed by atoms with Crippen molar-refractivity contribution < 1.29 is 24.5 Å². The van der Waals surface area contributed by atoms with Gasteiger partial charge in [0.2, 0.25) is 5.91 Å². The Morgan fingerprint density at radius 2 is 0.714 bits per heavy atom. The summed E-state index contributed by atoms with van der Waals surface area (Å²) in [5, 5.41) is 22.9. The van der Waals surface area contributed by atoms with E-state index in [1.54, 1.807) is 6.08 Å². The second-order valence-electron chi connectivity index (χ2n) is 21.0. The Balaban J connectivity index is 3.37. The number of nitrogens with one attached hydrogen (secondary N) is 1. The van der Waals surface area contributed by atoms with Crippen molar-refractivity contribution in [2.24, 2.45) is 0 Å². The molecule has 0 heterocycles. The van der Waals surface area contributed by atoms with Gasteiger partial charge in [-0.1, -0.05) is 268 Å². The SMILES string of the molecule is CCCCC/C=C\C/C=C\CCCCCCCCCC(=O)OCCCCCCCCCCCCCC/C=C\CCCCCCCCCCCCCC(=O)NC(CO)C(O)/C=C/CCCCCCCCC. The summed E-state index contributed by atoms with van der Waals surface area (Å²) in [6, 6.07) is -0.627. The van der Waals surface area contributed by atoms with Crippen LogP contribution in [0.3, 0.4) is 0 Å². The molecule has 0 aromatic rings. The Hall–Kier alpha value is -2.18. The van der Waals surface area contributed by atoms with E-state index in [1.165, 1.54) is 244 Å². The van der Waals surface area contributed by atoms with Gasteiger partial charge in [-0.2, -0.15) is 0 Å². The molecular weight excluding hydrogens is 863 g/mol. The molecule has 3 N–H and O–H groups in total. The molecule has 0 aliphatic carbocycles. The van der Waals surface area contributed by atoms with Crippen molar-refractivity contribution in [1.82, 2.24) is 5.32 Å². The van der Waals surface area contributed by atoms with Crippen LogP contribution in [0.25, 0.3) is 0 Å². The Labute approximate surface area is 436 Å². The minimum absolute atomic E-state index is 0.00646. The fraction of sp³-hybridized carbons (Fsp3) is 0.844. The van der Waals surface area contributed by atoms with Gasteiger partial charge in [0.05, 0.1) is 25.4 Å². The molecule has 0 fully saturated rings. The highest BCUT2D eigenvalue weighted by molar-refractivity contribution is 5.76. The maximum atomic E-state index is 12.4. The van der Waals surface area contributed by atoms with E-state index in [-0.39, 0.29) is 18.5 Å². The highest BCUT2D eigenvalue weighted by Gasteiger charge is 2.18. The largest absolute Gasteiger partial charge is 0.466 e. The van der Waals surface area contributed by atoms with Gasteiger partial charge in [0, 0.05) is 12.8 Å². The van der Waals surface area contributed by atoms with Gasteiger partial charge in [0.15, 0.2) is 0 Å². The number of amides is 1. The third-order valence-corrected chi connectivity index (χ3v) is 14.1. The van der Waals surface area contributed by atoms with Crippen LogP contribution < -0.4 is 5.32 Å². The molecule has 2 unspecified atom stereocenters. The summed E-state index contributed by atoms with van der Waals surface area (Å²) in [5.74, 6) is -0.0652. The number of ether oxygens (including phenoxy) is 1. The number of hydrogen-bond donors (Lipinski definition) is 3. The second kappa shape index (κ2) is 59.4. The van der Waals surface area contributed by atoms with E-state index in [4.69, 9.17) is 4.74 Å². The standard InChI is InChI=1S/C64H119NO5/c1-3-5-7-9-11-13-14-15-16-28-32-35-38-42-46-50-54-58-64(69)70-59-55-51-47-43-39-36-33-30-27-25-23-21-19-17-18-20-22-24-26-29-31-34-37-41-45-49-53-57-63(68)65-61(60-66)62(67)56-52-48-44-40-12-10-8-6-4-2/h11,13,15-18,52,56,61-62,66-67H,3-10,12,14,19-51,53-55,57-60H2,1-2H3,(H,65,68)/b13-11-,16-15-,18-17-,56-52+. The summed E-state index contributed by atoms with van der Waals surface area (Å²) < 4.78 is 5.49. The number of esters is 1. The zero-order valence-corrected chi connectivity index (χ0v) is 46.7. The predicted octanol–water partition coefficient (Wildman–Crippen LogP) is 19.4. The van der Waals surface area contributed by atoms with Crippen LogP contribution in [-0.2, 0) is 14.3 Å². The first-order chi connectivity index (χ1) is 34.5. The van der Waals surface area contributed by atoms with Crippen LogP contribution in [0.1, 0.15) is 322 Å². The van der Waals surface area contributed by atoms with Crippen LogP contribution in [0.4, 0.5) is 0 Å². The first-order valence-corrected chi connectivity index (χ1v) is 30.9. The molecule has 0 rings (SSSR count). The number of aliphatic hydroxyl groups is 2. The summed E-state index contributed by atoms with van der Waals surface area (Å²) in [5.41, 5.74) is 0. The van der Waals surface area contributed by atoms with Crippen LogP contribution >= 0.6 is 0 Å². The van der Waals surface area contributed by atoms with E-state index in [1.807, 2.05) is 6.08 Å². The number of carbonyl (C=O) groups excluding carboxylic acids is 2. The number of carbonyl (C=O) groups is 2. The Morgan fingerprint density at radius 1 is 0.400 bits per heavy atom. The lowest BCUT2D eigenvalue weighted by atomic mass is 10.0. The minimum atomic E-state index is -0.843. The topological polar surface area (TPSA) is 95.9 Å². The normalized spacial score (nSPS) is 12.9. The maximum absolute atomic E-state index is 12.4. The van der Waals surface area contributed by atoms with Crippen LogP contribution in [0, 0.1) is 0 Å². The summed E-state index contributed by atoms with van der Waals surface area (Å²) in [4.78, 5) is 24.5. The molecule has 0 aromatic heterocycles. The molecule has 410 valence electrons. The third-order valence-electron chi connectivity index (χ3n) is 14.1. The van der Waals surface area contributed by atoms with Crippen molar-refractivity contribution in [2.75, 3.05) is 13.2 Å². The van der Waals surface area contributed by atoms with Crippen molar-refractivity contribution in [3.05, 3.63) is 48.6 Å². The molecular formula is C64H119NO5. The molecule has 0 bridgehead atoms. The highest BCUT2D eigenvalue weighted by atomic mass is 16.5. The number of unbranched alkanes of at least 4 members (excludes halogenated alkanes) is 40. The molecule has 0 aromatic carbocycles. The molecule has 0 aliphatic heterocycles. The van der Waals surface area contributed by atoms with Crippen molar-refractivity contribution in [3.63, 3.8) is 0 Å². The van der Waals surface area contributed by atoms with Crippen LogP contribution in [-0.4, -0.2) is 47.4 Å². The summed E-state index contributed by atoms with van der Waals surface area (Å²) in [6.07, 6.45) is 75.9. The Bertz CT molecular complexity index is 1180. The molecule has 70 heavy (non-hydrogen) atoms. The van der Waals surface area contributed by atoms with Crippen molar-refractivity contribution in [3.8, 4) is 0 Å².